The number of carbonyl (C=O) groups excluding carboxylic acids is 1. The first-order valence-corrected chi connectivity index (χ1v) is 5.76. The average Bonchev–Trinajstić information content (AvgIpc) is 2.24. The van der Waals surface area contributed by atoms with Gasteiger partial charge in [-0.3, -0.25) is 4.79 Å². The number of carbonyl (C=O) groups is 1. The summed E-state index contributed by atoms with van der Waals surface area (Å²) in [6.45, 7) is 0. The minimum absolute atomic E-state index is 0.235. The van der Waals surface area contributed by atoms with Crippen molar-refractivity contribution in [2.75, 3.05) is 12.9 Å². The highest BCUT2D eigenvalue weighted by molar-refractivity contribution is 7.99. The van der Waals surface area contributed by atoms with Crippen LogP contribution in [0.1, 0.15) is 12.8 Å². The van der Waals surface area contributed by atoms with Crippen molar-refractivity contribution < 1.29 is 9.53 Å². The van der Waals surface area contributed by atoms with Crippen LogP contribution in [0, 0.1) is 0 Å². The molecule has 82 valence electrons. The Labute approximate surface area is 94.0 Å². The van der Waals surface area contributed by atoms with E-state index in [1.807, 2.05) is 24.3 Å². The van der Waals surface area contributed by atoms with Gasteiger partial charge >= 0.3 is 0 Å². The van der Waals surface area contributed by atoms with Gasteiger partial charge < -0.3 is 10.5 Å². The minimum Gasteiger partial charge on any atom is -0.497 e. The fraction of sp³-hybridized carbons (Fsp3) is 0.364. The molecule has 0 heterocycles. The molecule has 0 aliphatic carbocycles. The molecule has 1 rings (SSSR count). The van der Waals surface area contributed by atoms with E-state index in [1.54, 1.807) is 18.9 Å². The molecule has 1 amide bonds. The van der Waals surface area contributed by atoms with E-state index in [2.05, 4.69) is 0 Å². The largest absolute Gasteiger partial charge is 0.497 e. The second-order valence-electron chi connectivity index (χ2n) is 3.10. The highest BCUT2D eigenvalue weighted by Gasteiger charge is 1.98. The van der Waals surface area contributed by atoms with Gasteiger partial charge in [0.15, 0.2) is 0 Å². The zero-order valence-electron chi connectivity index (χ0n) is 8.73. The number of amides is 1. The molecule has 0 bridgehead atoms. The number of ether oxygens (including phenoxy) is 1. The second-order valence-corrected chi connectivity index (χ2v) is 4.27. The van der Waals surface area contributed by atoms with Crippen LogP contribution in [0.25, 0.3) is 0 Å². The van der Waals surface area contributed by atoms with Crippen LogP contribution in [0.15, 0.2) is 29.2 Å². The maximum Gasteiger partial charge on any atom is 0.217 e. The molecule has 2 N–H and O–H groups in total. The van der Waals surface area contributed by atoms with E-state index < -0.39 is 0 Å². The van der Waals surface area contributed by atoms with Crippen LogP contribution in [-0.4, -0.2) is 18.8 Å². The molecular weight excluding hydrogens is 210 g/mol. The summed E-state index contributed by atoms with van der Waals surface area (Å²) in [5.74, 6) is 1.52. The van der Waals surface area contributed by atoms with E-state index in [4.69, 9.17) is 10.5 Å². The van der Waals surface area contributed by atoms with E-state index >= 15 is 0 Å². The van der Waals surface area contributed by atoms with Crippen LogP contribution in [0.5, 0.6) is 5.75 Å². The Bertz CT molecular complexity index is 328. The Morgan fingerprint density at radius 1 is 1.53 bits per heavy atom. The molecule has 0 saturated carbocycles. The average molecular weight is 225 g/mol. The van der Waals surface area contributed by atoms with Gasteiger partial charge in [0.25, 0.3) is 0 Å². The van der Waals surface area contributed by atoms with Gasteiger partial charge in [-0.2, -0.15) is 0 Å². The maximum atomic E-state index is 10.5. The van der Waals surface area contributed by atoms with Crippen LogP contribution in [0.3, 0.4) is 0 Å². The Hall–Kier alpha value is -1.16. The number of thioether (sulfide) groups is 1. The summed E-state index contributed by atoms with van der Waals surface area (Å²) in [6, 6.07) is 7.87. The number of primary amides is 1. The highest BCUT2D eigenvalue weighted by atomic mass is 32.2. The fourth-order valence-electron chi connectivity index (χ4n) is 1.13. The lowest BCUT2D eigenvalue weighted by Crippen LogP contribution is -2.09. The molecule has 0 spiro atoms. The lowest BCUT2D eigenvalue weighted by atomic mass is 10.3. The van der Waals surface area contributed by atoms with E-state index in [9.17, 15) is 4.79 Å². The van der Waals surface area contributed by atoms with Gasteiger partial charge in [-0.15, -0.1) is 11.8 Å². The predicted molar refractivity (Wildman–Crippen MR) is 62.1 cm³/mol. The standard InChI is InChI=1S/C11H15NO2S/c1-14-9-4-2-5-10(8-9)15-7-3-6-11(12)13/h2,4-5,8H,3,6-7H2,1H3,(H2,12,13). The van der Waals surface area contributed by atoms with Crippen molar-refractivity contribution in [1.82, 2.24) is 0 Å². The van der Waals surface area contributed by atoms with E-state index in [0.717, 1.165) is 22.8 Å². The third kappa shape index (κ3) is 4.74. The molecule has 15 heavy (non-hydrogen) atoms. The van der Waals surface area contributed by atoms with Gasteiger partial charge in [0.1, 0.15) is 5.75 Å². The SMILES string of the molecule is COc1cccc(SCCCC(N)=O)c1. The number of methoxy groups -OCH3 is 1. The van der Waals surface area contributed by atoms with Gasteiger partial charge in [0.05, 0.1) is 7.11 Å². The van der Waals surface area contributed by atoms with Crippen LogP contribution in [0.2, 0.25) is 0 Å². The van der Waals surface area contributed by atoms with Crippen molar-refractivity contribution in [3.8, 4) is 5.75 Å². The van der Waals surface area contributed by atoms with Gasteiger partial charge in [-0.1, -0.05) is 6.07 Å². The number of benzene rings is 1. The first-order valence-electron chi connectivity index (χ1n) is 4.77. The van der Waals surface area contributed by atoms with E-state index in [-0.39, 0.29) is 5.91 Å². The smallest absolute Gasteiger partial charge is 0.217 e. The second kappa shape index (κ2) is 6.35. The van der Waals surface area contributed by atoms with Gasteiger partial charge in [0.2, 0.25) is 5.91 Å². The molecule has 1 aromatic carbocycles. The van der Waals surface area contributed by atoms with Crippen molar-refractivity contribution in [3.05, 3.63) is 24.3 Å². The molecule has 0 radical (unpaired) electrons. The van der Waals surface area contributed by atoms with E-state index in [0.29, 0.717) is 6.42 Å². The number of hydrogen-bond donors (Lipinski definition) is 1. The maximum absolute atomic E-state index is 10.5. The molecule has 0 unspecified atom stereocenters. The summed E-state index contributed by atoms with van der Waals surface area (Å²) in [5, 5.41) is 0. The molecule has 4 heteroatoms. The molecule has 0 aliphatic heterocycles. The lowest BCUT2D eigenvalue weighted by Gasteiger charge is -2.03. The molecule has 0 fully saturated rings. The van der Waals surface area contributed by atoms with Gasteiger partial charge in [0, 0.05) is 11.3 Å². The van der Waals surface area contributed by atoms with Gasteiger partial charge in [-0.25, -0.2) is 0 Å². The minimum atomic E-state index is -0.235. The normalized spacial score (nSPS) is 9.93. The van der Waals surface area contributed by atoms with Crippen molar-refractivity contribution in [2.24, 2.45) is 5.73 Å². The lowest BCUT2D eigenvalue weighted by molar-refractivity contribution is -0.118. The predicted octanol–water partition coefficient (Wildman–Crippen LogP) is 2.05. The van der Waals surface area contributed by atoms with Crippen LogP contribution in [0.4, 0.5) is 0 Å². The van der Waals surface area contributed by atoms with Crippen LogP contribution in [-0.2, 0) is 4.79 Å². The Morgan fingerprint density at radius 2 is 2.33 bits per heavy atom. The number of hydrogen-bond acceptors (Lipinski definition) is 3. The van der Waals surface area contributed by atoms with E-state index in [1.165, 1.54) is 0 Å². The first-order chi connectivity index (χ1) is 7.22. The Balaban J connectivity index is 2.33. The van der Waals surface area contributed by atoms with Crippen LogP contribution >= 0.6 is 11.8 Å². The molecule has 0 aromatic heterocycles. The zero-order chi connectivity index (χ0) is 11.1. The topological polar surface area (TPSA) is 52.3 Å². The molecule has 0 aliphatic rings. The quantitative estimate of drug-likeness (QED) is 0.595. The summed E-state index contributed by atoms with van der Waals surface area (Å²) >= 11 is 1.70. The Kier molecular flexibility index (Phi) is 5.04. The molecular formula is C11H15NO2S. The third-order valence-corrected chi connectivity index (χ3v) is 2.96. The van der Waals surface area contributed by atoms with Crippen molar-refractivity contribution in [3.63, 3.8) is 0 Å². The first kappa shape index (κ1) is 11.9. The zero-order valence-corrected chi connectivity index (χ0v) is 9.55. The summed E-state index contributed by atoms with van der Waals surface area (Å²) < 4.78 is 5.11. The molecule has 0 saturated heterocycles. The van der Waals surface area contributed by atoms with Crippen LogP contribution < -0.4 is 10.5 Å². The molecule has 3 nitrogen and oxygen atoms in total. The third-order valence-electron chi connectivity index (χ3n) is 1.88. The molecule has 0 atom stereocenters. The number of rotatable bonds is 6. The summed E-state index contributed by atoms with van der Waals surface area (Å²) in [6.07, 6.45) is 1.27. The van der Waals surface area contributed by atoms with Crippen molar-refractivity contribution in [2.45, 2.75) is 17.7 Å². The monoisotopic (exact) mass is 225 g/mol. The van der Waals surface area contributed by atoms with Gasteiger partial charge in [-0.05, 0) is 30.4 Å². The van der Waals surface area contributed by atoms with Crippen molar-refractivity contribution in [1.29, 1.82) is 0 Å². The van der Waals surface area contributed by atoms with Crippen molar-refractivity contribution >= 4 is 17.7 Å². The Morgan fingerprint density at radius 3 is 3.00 bits per heavy atom. The fourth-order valence-corrected chi connectivity index (χ4v) is 2.03. The summed E-state index contributed by atoms with van der Waals surface area (Å²) in [7, 11) is 1.65. The molecule has 1 aromatic rings. The summed E-state index contributed by atoms with van der Waals surface area (Å²) in [5.41, 5.74) is 5.05. The highest BCUT2D eigenvalue weighted by Crippen LogP contribution is 2.23. The summed E-state index contributed by atoms with van der Waals surface area (Å²) in [4.78, 5) is 11.7. The number of nitrogens with two attached hydrogens (primary N) is 1.